The first-order valence-electron chi connectivity index (χ1n) is 7.50. The molecule has 1 aliphatic heterocycles. The number of carbonyl (C=O) groups excluding carboxylic acids is 1. The Morgan fingerprint density at radius 3 is 2.95 bits per heavy atom. The van der Waals surface area contributed by atoms with E-state index in [4.69, 9.17) is 0 Å². The molecule has 0 fully saturated rings. The van der Waals surface area contributed by atoms with E-state index in [0.717, 1.165) is 29.8 Å². The lowest BCUT2D eigenvalue weighted by Gasteiger charge is -2.16. The van der Waals surface area contributed by atoms with Crippen molar-refractivity contribution in [3.63, 3.8) is 0 Å². The van der Waals surface area contributed by atoms with Gasteiger partial charge in [0, 0.05) is 43.2 Å². The van der Waals surface area contributed by atoms with Crippen LogP contribution in [0.1, 0.15) is 33.2 Å². The Hall–Kier alpha value is -2.18. The van der Waals surface area contributed by atoms with Crippen molar-refractivity contribution in [3.05, 3.63) is 52.8 Å². The van der Waals surface area contributed by atoms with Gasteiger partial charge in [0.05, 0.1) is 6.61 Å². The highest BCUT2D eigenvalue weighted by atomic mass is 16.3. The van der Waals surface area contributed by atoms with Crippen LogP contribution in [0.15, 0.2) is 30.3 Å². The number of fused-ring (bicyclic) bond motifs is 1. The number of carbonyl (C=O) groups is 1. The summed E-state index contributed by atoms with van der Waals surface area (Å²) in [5.41, 5.74) is 3.44. The fourth-order valence-electron chi connectivity index (χ4n) is 2.73. The van der Waals surface area contributed by atoms with Gasteiger partial charge >= 0.3 is 0 Å². The number of benzene rings is 1. The third-order valence-electron chi connectivity index (χ3n) is 4.02. The fraction of sp³-hybridized carbons (Fsp3) is 0.375. The molecule has 4 N–H and O–H groups in total. The number of nitrogens with zero attached hydrogens (tertiary/aromatic N) is 1. The first-order chi connectivity index (χ1) is 10.8. The first-order valence-corrected chi connectivity index (χ1v) is 7.50. The molecule has 0 saturated carbocycles. The number of hydrogen-bond acceptors (Lipinski definition) is 4. The molecule has 1 aromatic heterocycles. The minimum absolute atomic E-state index is 0.00940. The molecule has 0 spiro atoms. The fourth-order valence-corrected chi connectivity index (χ4v) is 2.73. The van der Waals surface area contributed by atoms with Crippen LogP contribution in [0, 0.1) is 0 Å². The number of rotatable bonds is 5. The lowest BCUT2D eigenvalue weighted by molar-refractivity contribution is 0.0941. The summed E-state index contributed by atoms with van der Waals surface area (Å²) in [5.74, 6) is -0.311. The van der Waals surface area contributed by atoms with Gasteiger partial charge in [-0.25, -0.2) is 0 Å². The van der Waals surface area contributed by atoms with Crippen LogP contribution < -0.4 is 10.6 Å². The van der Waals surface area contributed by atoms with Gasteiger partial charge in [0.25, 0.3) is 5.91 Å². The third kappa shape index (κ3) is 3.03. The molecule has 1 aromatic carbocycles. The van der Waals surface area contributed by atoms with Crippen LogP contribution in [0.3, 0.4) is 0 Å². The average molecular weight is 300 g/mol. The SMILES string of the molecule is O=C(NCC(CO)c1ccccc1)c1n[nH]c2c1CNCC2. The molecule has 6 nitrogen and oxygen atoms in total. The zero-order chi connectivity index (χ0) is 15.4. The van der Waals surface area contributed by atoms with E-state index in [1.807, 2.05) is 30.3 Å². The maximum Gasteiger partial charge on any atom is 0.272 e. The highest BCUT2D eigenvalue weighted by Gasteiger charge is 2.22. The van der Waals surface area contributed by atoms with Gasteiger partial charge in [-0.1, -0.05) is 30.3 Å². The van der Waals surface area contributed by atoms with E-state index >= 15 is 0 Å². The highest BCUT2D eigenvalue weighted by Crippen LogP contribution is 2.16. The second-order valence-corrected chi connectivity index (χ2v) is 5.46. The second kappa shape index (κ2) is 6.72. The maximum atomic E-state index is 12.3. The van der Waals surface area contributed by atoms with Crippen molar-refractivity contribution in [2.24, 2.45) is 0 Å². The molecule has 6 heteroatoms. The molecule has 3 rings (SSSR count). The summed E-state index contributed by atoms with van der Waals surface area (Å²) in [4.78, 5) is 12.3. The Morgan fingerprint density at radius 2 is 2.18 bits per heavy atom. The van der Waals surface area contributed by atoms with Crippen LogP contribution in [0.5, 0.6) is 0 Å². The number of aromatic amines is 1. The van der Waals surface area contributed by atoms with Crippen LogP contribution in [-0.4, -0.2) is 40.9 Å². The molecule has 0 radical (unpaired) electrons. The lowest BCUT2D eigenvalue weighted by atomic mass is 10.00. The smallest absolute Gasteiger partial charge is 0.272 e. The Labute approximate surface area is 128 Å². The standard InChI is InChI=1S/C16H20N4O2/c21-10-12(11-4-2-1-3-5-11)8-18-16(22)15-13-9-17-7-6-14(13)19-20-15/h1-5,12,17,21H,6-10H2,(H,18,22)(H,19,20). The summed E-state index contributed by atoms with van der Waals surface area (Å²) in [7, 11) is 0. The predicted octanol–water partition coefficient (Wildman–Crippen LogP) is 0.561. The Morgan fingerprint density at radius 1 is 1.36 bits per heavy atom. The molecule has 0 aliphatic carbocycles. The van der Waals surface area contributed by atoms with Crippen molar-refractivity contribution >= 4 is 5.91 Å². The molecular weight excluding hydrogens is 280 g/mol. The van der Waals surface area contributed by atoms with Crippen LogP contribution >= 0.6 is 0 Å². The van der Waals surface area contributed by atoms with Gasteiger partial charge in [0.1, 0.15) is 0 Å². The lowest BCUT2D eigenvalue weighted by Crippen LogP contribution is -2.32. The van der Waals surface area contributed by atoms with E-state index in [2.05, 4.69) is 20.8 Å². The van der Waals surface area contributed by atoms with Crippen LogP contribution in [0.2, 0.25) is 0 Å². The van der Waals surface area contributed by atoms with Gasteiger partial charge in [-0.15, -0.1) is 0 Å². The minimum atomic E-state index is -0.199. The van der Waals surface area contributed by atoms with Crippen molar-refractivity contribution in [2.45, 2.75) is 18.9 Å². The number of hydrogen-bond donors (Lipinski definition) is 4. The Kier molecular flexibility index (Phi) is 4.50. The van der Waals surface area contributed by atoms with Gasteiger partial charge in [-0.3, -0.25) is 9.89 Å². The third-order valence-corrected chi connectivity index (χ3v) is 4.02. The first kappa shape index (κ1) is 14.7. The van der Waals surface area contributed by atoms with E-state index < -0.39 is 0 Å². The molecule has 116 valence electrons. The zero-order valence-corrected chi connectivity index (χ0v) is 12.3. The summed E-state index contributed by atoms with van der Waals surface area (Å²) in [6.45, 7) is 1.94. The Bertz CT molecular complexity index is 639. The van der Waals surface area contributed by atoms with Crippen molar-refractivity contribution in [1.82, 2.24) is 20.8 Å². The van der Waals surface area contributed by atoms with E-state index in [-0.39, 0.29) is 18.4 Å². The summed E-state index contributed by atoms with van der Waals surface area (Å²) < 4.78 is 0. The maximum absolute atomic E-state index is 12.3. The topological polar surface area (TPSA) is 90.0 Å². The zero-order valence-electron chi connectivity index (χ0n) is 12.3. The molecule has 1 unspecified atom stereocenters. The van der Waals surface area contributed by atoms with Crippen LogP contribution in [0.25, 0.3) is 0 Å². The van der Waals surface area contributed by atoms with E-state index in [1.54, 1.807) is 0 Å². The monoisotopic (exact) mass is 300 g/mol. The number of nitrogens with one attached hydrogen (secondary N) is 3. The highest BCUT2D eigenvalue weighted by molar-refractivity contribution is 5.94. The van der Waals surface area contributed by atoms with E-state index in [0.29, 0.717) is 18.8 Å². The van der Waals surface area contributed by atoms with Gasteiger partial charge in [-0.2, -0.15) is 5.10 Å². The number of aliphatic hydroxyl groups excluding tert-OH is 1. The average Bonchev–Trinajstić information content (AvgIpc) is 3.00. The summed E-state index contributed by atoms with van der Waals surface area (Å²) in [6.07, 6.45) is 0.860. The number of aliphatic hydroxyl groups is 1. The van der Waals surface area contributed by atoms with Crippen molar-refractivity contribution in [1.29, 1.82) is 0 Å². The largest absolute Gasteiger partial charge is 0.396 e. The predicted molar refractivity (Wildman–Crippen MR) is 82.6 cm³/mol. The van der Waals surface area contributed by atoms with Gasteiger partial charge in [0.15, 0.2) is 5.69 Å². The Balaban J connectivity index is 1.66. The molecule has 1 aliphatic rings. The molecule has 0 bridgehead atoms. The molecule has 2 aromatic rings. The number of H-pyrrole nitrogens is 1. The van der Waals surface area contributed by atoms with Gasteiger partial charge in [-0.05, 0) is 5.56 Å². The molecule has 0 saturated heterocycles. The normalized spacial score (nSPS) is 15.1. The van der Waals surface area contributed by atoms with Gasteiger partial charge < -0.3 is 15.7 Å². The molecular formula is C16H20N4O2. The molecule has 1 atom stereocenters. The second-order valence-electron chi connectivity index (χ2n) is 5.46. The number of amides is 1. The van der Waals surface area contributed by atoms with E-state index in [9.17, 15) is 9.90 Å². The number of aromatic nitrogens is 2. The van der Waals surface area contributed by atoms with E-state index in [1.165, 1.54) is 0 Å². The van der Waals surface area contributed by atoms with Crippen molar-refractivity contribution < 1.29 is 9.90 Å². The van der Waals surface area contributed by atoms with Crippen molar-refractivity contribution in [3.8, 4) is 0 Å². The van der Waals surface area contributed by atoms with Crippen LogP contribution in [0.4, 0.5) is 0 Å². The van der Waals surface area contributed by atoms with Crippen molar-refractivity contribution in [2.75, 3.05) is 19.7 Å². The minimum Gasteiger partial charge on any atom is -0.396 e. The van der Waals surface area contributed by atoms with Gasteiger partial charge in [0.2, 0.25) is 0 Å². The molecule has 22 heavy (non-hydrogen) atoms. The quantitative estimate of drug-likeness (QED) is 0.649. The summed E-state index contributed by atoms with van der Waals surface area (Å²) >= 11 is 0. The van der Waals surface area contributed by atoms with Crippen LogP contribution in [-0.2, 0) is 13.0 Å². The molecule has 1 amide bonds. The summed E-state index contributed by atoms with van der Waals surface area (Å²) in [5, 5.41) is 22.7. The molecule has 2 heterocycles. The summed E-state index contributed by atoms with van der Waals surface area (Å²) in [6, 6.07) is 9.69.